The minimum absolute atomic E-state index is 0.0231. The summed E-state index contributed by atoms with van der Waals surface area (Å²) in [6.45, 7) is 1.84. The zero-order valence-electron chi connectivity index (χ0n) is 10.8. The molecule has 0 radical (unpaired) electrons. The van der Waals surface area contributed by atoms with E-state index in [1.165, 1.54) is 5.56 Å². The quantitative estimate of drug-likeness (QED) is 0.889. The predicted molar refractivity (Wildman–Crippen MR) is 73.9 cm³/mol. The number of nitrogens with one attached hydrogen (secondary N) is 1. The van der Waals surface area contributed by atoms with Crippen LogP contribution in [0, 0.1) is 5.92 Å². The highest BCUT2D eigenvalue weighted by molar-refractivity contribution is 6.30. The number of halogens is 1. The molecule has 2 rings (SSSR count). The summed E-state index contributed by atoms with van der Waals surface area (Å²) in [5.41, 5.74) is 1.21. The molecule has 1 N–H and O–H groups in total. The summed E-state index contributed by atoms with van der Waals surface area (Å²) < 4.78 is 0. The van der Waals surface area contributed by atoms with Crippen LogP contribution in [-0.4, -0.2) is 38.0 Å². The van der Waals surface area contributed by atoms with Crippen LogP contribution in [0.2, 0.25) is 5.02 Å². The minimum Gasteiger partial charge on any atom is -0.359 e. The number of nitrogens with zero attached hydrogens (tertiary/aromatic N) is 1. The molecule has 0 bridgehead atoms. The summed E-state index contributed by atoms with van der Waals surface area (Å²) in [5.74, 6) is 0.440. The first-order valence-electron chi connectivity index (χ1n) is 6.27. The predicted octanol–water partition coefficient (Wildman–Crippen LogP) is 2.12. The van der Waals surface area contributed by atoms with E-state index < -0.39 is 0 Å². The maximum Gasteiger partial charge on any atom is 0.224 e. The molecule has 0 unspecified atom stereocenters. The average molecular weight is 267 g/mol. The fraction of sp³-hybridized carbons (Fsp3) is 0.500. The van der Waals surface area contributed by atoms with E-state index >= 15 is 0 Å². The van der Waals surface area contributed by atoms with Crippen LogP contribution < -0.4 is 5.32 Å². The lowest BCUT2D eigenvalue weighted by molar-refractivity contribution is -0.126. The highest BCUT2D eigenvalue weighted by Gasteiger charge is 2.33. The standard InChI is InChI=1S/C14H19ClN2O/c1-16-14(18)13-9-17(2)8-7-12(13)10-3-5-11(15)6-4-10/h3-6,12-13H,7-9H2,1-2H3,(H,16,18)/t12-,13+/m0/s1. The van der Waals surface area contributed by atoms with Crippen molar-refractivity contribution < 1.29 is 4.79 Å². The van der Waals surface area contributed by atoms with E-state index in [9.17, 15) is 4.79 Å². The molecule has 0 saturated carbocycles. The van der Waals surface area contributed by atoms with Gasteiger partial charge in [0.05, 0.1) is 5.92 Å². The van der Waals surface area contributed by atoms with E-state index in [4.69, 9.17) is 11.6 Å². The summed E-state index contributed by atoms with van der Waals surface area (Å²) in [6, 6.07) is 7.87. The number of carbonyl (C=O) groups is 1. The third-order valence-corrected chi connectivity index (χ3v) is 3.95. The van der Waals surface area contributed by atoms with Gasteiger partial charge in [-0.05, 0) is 43.6 Å². The van der Waals surface area contributed by atoms with Gasteiger partial charge in [0.15, 0.2) is 0 Å². The molecule has 0 aliphatic carbocycles. The number of hydrogen-bond donors (Lipinski definition) is 1. The van der Waals surface area contributed by atoms with Gasteiger partial charge in [0.1, 0.15) is 0 Å². The van der Waals surface area contributed by atoms with Gasteiger partial charge in [-0.1, -0.05) is 23.7 Å². The van der Waals surface area contributed by atoms with Gasteiger partial charge in [0.2, 0.25) is 5.91 Å². The lowest BCUT2D eigenvalue weighted by atomic mass is 9.80. The zero-order valence-corrected chi connectivity index (χ0v) is 11.6. The maximum absolute atomic E-state index is 12.0. The number of hydrogen-bond acceptors (Lipinski definition) is 2. The van der Waals surface area contributed by atoms with Gasteiger partial charge < -0.3 is 10.2 Å². The summed E-state index contributed by atoms with van der Waals surface area (Å²) in [5, 5.41) is 3.51. The topological polar surface area (TPSA) is 32.3 Å². The van der Waals surface area contributed by atoms with Gasteiger partial charge in [0, 0.05) is 18.6 Å². The molecule has 1 heterocycles. The Morgan fingerprint density at radius 3 is 2.67 bits per heavy atom. The van der Waals surface area contributed by atoms with Crippen LogP contribution in [0.25, 0.3) is 0 Å². The van der Waals surface area contributed by atoms with E-state index in [2.05, 4.69) is 17.3 Å². The van der Waals surface area contributed by atoms with Gasteiger partial charge in [-0.15, -0.1) is 0 Å². The van der Waals surface area contributed by atoms with Crippen LogP contribution in [0.3, 0.4) is 0 Å². The van der Waals surface area contributed by atoms with Crippen molar-refractivity contribution in [2.45, 2.75) is 12.3 Å². The Morgan fingerprint density at radius 2 is 2.06 bits per heavy atom. The molecule has 2 atom stereocenters. The molecule has 0 aromatic heterocycles. The Bertz CT molecular complexity index is 418. The number of benzene rings is 1. The van der Waals surface area contributed by atoms with Crippen LogP contribution in [0.5, 0.6) is 0 Å². The van der Waals surface area contributed by atoms with Gasteiger partial charge >= 0.3 is 0 Å². The summed E-state index contributed by atoms with van der Waals surface area (Å²) in [7, 11) is 3.77. The molecule has 3 nitrogen and oxygen atoms in total. The molecule has 18 heavy (non-hydrogen) atoms. The van der Waals surface area contributed by atoms with Crippen LogP contribution in [-0.2, 0) is 4.79 Å². The van der Waals surface area contributed by atoms with Crippen molar-refractivity contribution in [3.8, 4) is 0 Å². The van der Waals surface area contributed by atoms with E-state index in [1.807, 2.05) is 24.3 Å². The summed E-state index contributed by atoms with van der Waals surface area (Å²) in [6.07, 6.45) is 1.01. The van der Waals surface area contributed by atoms with E-state index in [0.717, 1.165) is 24.5 Å². The molecule has 1 amide bonds. The Labute approximate surface area is 113 Å². The first-order chi connectivity index (χ1) is 8.61. The van der Waals surface area contributed by atoms with Crippen molar-refractivity contribution in [2.24, 2.45) is 5.92 Å². The van der Waals surface area contributed by atoms with Crippen LogP contribution in [0.15, 0.2) is 24.3 Å². The second-order valence-corrected chi connectivity index (χ2v) is 5.37. The molecule has 1 aromatic carbocycles. The Hall–Kier alpha value is -1.06. The molecule has 98 valence electrons. The van der Waals surface area contributed by atoms with Gasteiger partial charge in [0.25, 0.3) is 0 Å². The van der Waals surface area contributed by atoms with Crippen LogP contribution in [0.4, 0.5) is 0 Å². The second-order valence-electron chi connectivity index (χ2n) is 4.93. The number of carbonyl (C=O) groups excluding carboxylic acids is 1. The van der Waals surface area contributed by atoms with E-state index in [1.54, 1.807) is 7.05 Å². The second kappa shape index (κ2) is 5.72. The molecule has 1 aliphatic rings. The zero-order chi connectivity index (χ0) is 13.1. The van der Waals surface area contributed by atoms with Crippen molar-refractivity contribution in [1.82, 2.24) is 10.2 Å². The van der Waals surface area contributed by atoms with Crippen LogP contribution in [0.1, 0.15) is 17.9 Å². The SMILES string of the molecule is CNC(=O)[C@@H]1CN(C)CC[C@H]1c1ccc(Cl)cc1. The number of amides is 1. The van der Waals surface area contributed by atoms with Crippen molar-refractivity contribution >= 4 is 17.5 Å². The van der Waals surface area contributed by atoms with E-state index in [-0.39, 0.29) is 11.8 Å². The van der Waals surface area contributed by atoms with Crippen molar-refractivity contribution in [3.05, 3.63) is 34.9 Å². The normalized spacial score (nSPS) is 24.8. The Balaban J connectivity index is 2.23. The molecule has 1 fully saturated rings. The number of rotatable bonds is 2. The number of likely N-dealkylation sites (tertiary alicyclic amines) is 1. The Morgan fingerprint density at radius 1 is 1.39 bits per heavy atom. The van der Waals surface area contributed by atoms with Gasteiger partial charge in [-0.3, -0.25) is 4.79 Å². The highest BCUT2D eigenvalue weighted by Crippen LogP contribution is 2.33. The first-order valence-corrected chi connectivity index (χ1v) is 6.65. The lowest BCUT2D eigenvalue weighted by Crippen LogP contribution is -2.44. The molecule has 1 saturated heterocycles. The van der Waals surface area contributed by atoms with Gasteiger partial charge in [-0.25, -0.2) is 0 Å². The third kappa shape index (κ3) is 2.85. The van der Waals surface area contributed by atoms with Gasteiger partial charge in [-0.2, -0.15) is 0 Å². The summed E-state index contributed by atoms with van der Waals surface area (Å²) in [4.78, 5) is 14.2. The average Bonchev–Trinajstić information content (AvgIpc) is 2.39. The lowest BCUT2D eigenvalue weighted by Gasteiger charge is -2.36. The van der Waals surface area contributed by atoms with E-state index in [0.29, 0.717) is 5.92 Å². The molecule has 4 heteroatoms. The third-order valence-electron chi connectivity index (χ3n) is 3.70. The molecule has 0 spiro atoms. The number of piperidine rings is 1. The van der Waals surface area contributed by atoms with Crippen LogP contribution >= 0.6 is 11.6 Å². The monoisotopic (exact) mass is 266 g/mol. The summed E-state index contributed by atoms with van der Waals surface area (Å²) >= 11 is 5.91. The van der Waals surface area contributed by atoms with Crippen molar-refractivity contribution in [1.29, 1.82) is 0 Å². The van der Waals surface area contributed by atoms with Crippen molar-refractivity contribution in [2.75, 3.05) is 27.2 Å². The molecule has 1 aliphatic heterocycles. The minimum atomic E-state index is 0.0231. The fourth-order valence-corrected chi connectivity index (χ4v) is 2.80. The molecule has 1 aromatic rings. The first kappa shape index (κ1) is 13.4. The largest absolute Gasteiger partial charge is 0.359 e. The Kier molecular flexibility index (Phi) is 4.25. The highest BCUT2D eigenvalue weighted by atomic mass is 35.5. The maximum atomic E-state index is 12.0. The molecular formula is C14H19ClN2O. The van der Waals surface area contributed by atoms with Crippen molar-refractivity contribution in [3.63, 3.8) is 0 Å². The fourth-order valence-electron chi connectivity index (χ4n) is 2.67. The molecular weight excluding hydrogens is 248 g/mol. The smallest absolute Gasteiger partial charge is 0.224 e.